The zero-order valence-corrected chi connectivity index (χ0v) is 68.7. The van der Waals surface area contributed by atoms with Crippen molar-refractivity contribution >= 4 is 17.9 Å². The predicted molar refractivity (Wildman–Crippen MR) is 444 cm³/mol. The first-order valence-electron chi connectivity index (χ1n) is 44.4. The highest BCUT2D eigenvalue weighted by Gasteiger charge is 2.22. The van der Waals surface area contributed by atoms with Gasteiger partial charge in [-0.25, -0.2) is 0 Å². The van der Waals surface area contributed by atoms with Gasteiger partial charge < -0.3 is 33.3 Å². The van der Waals surface area contributed by atoms with Crippen molar-refractivity contribution in [2.45, 2.75) is 437 Å². The number of hydrogen-bond donors (Lipinski definition) is 0. The molecule has 0 aromatic heterocycles. The van der Waals surface area contributed by atoms with Gasteiger partial charge in [-0.15, -0.1) is 0 Å². The molecule has 0 aliphatic heterocycles. The Balaban J connectivity index is 3.90. The largest absolute Gasteiger partial charge is 0.545 e. The maximum Gasteiger partial charge on any atom is 0.306 e. The molecule has 598 valence electrons. The number of hydrogen-bond acceptors (Lipinski definition) is 8. The van der Waals surface area contributed by atoms with Crippen LogP contribution in [0.2, 0.25) is 0 Å². The third kappa shape index (κ3) is 85.3. The number of aliphatic carboxylic acids is 1. The normalized spacial score (nSPS) is 13.1. The van der Waals surface area contributed by atoms with E-state index in [0.29, 0.717) is 17.4 Å². The Morgan fingerprint density at radius 3 is 0.777 bits per heavy atom. The number of ether oxygens (including phenoxy) is 4. The minimum atomic E-state index is -1.62. The first-order chi connectivity index (χ1) is 50.6. The average molecular weight is 1440 g/mol. The van der Waals surface area contributed by atoms with E-state index in [2.05, 4.69) is 111 Å². The third-order valence-corrected chi connectivity index (χ3v) is 19.8. The van der Waals surface area contributed by atoms with Crippen molar-refractivity contribution in [3.8, 4) is 0 Å². The van der Waals surface area contributed by atoms with Crippen molar-refractivity contribution in [2.24, 2.45) is 0 Å². The van der Waals surface area contributed by atoms with Gasteiger partial charge in [0, 0.05) is 12.8 Å². The molecular weight excluding hydrogens is 1270 g/mol. The van der Waals surface area contributed by atoms with Gasteiger partial charge in [0.05, 0.1) is 40.3 Å². The molecule has 0 amide bonds. The van der Waals surface area contributed by atoms with Gasteiger partial charge in [0.15, 0.2) is 12.4 Å². The number of carbonyl (C=O) groups is 3. The van der Waals surface area contributed by atoms with Gasteiger partial charge in [-0.1, -0.05) is 419 Å². The fraction of sp³-hybridized carbons (Fsp3) is 0.798. The standard InChI is InChI=1S/C94H169NO8/c1-6-8-10-12-14-16-18-20-22-24-26-28-30-32-34-36-38-40-42-44-46-48-50-52-54-56-58-60-62-64-66-68-70-72-74-76-78-80-82-84-91(96)101-88-90(89-102-94(93(98)99)100-87-86-95(3,4)5)103-92(97)85-83-81-79-77-75-73-71-69-67-65-63-61-59-57-55-53-51-49-47-45-43-41-39-37-35-33-31-29-27-25-23-21-19-17-15-13-11-9-7-2/h8-11,14-17,20-23,26-29,90,94H,6-7,12-13,18-19,24-25,30-89H2,1-5H3/b10-8-,11-9-,16-14-,17-15-,22-20-,23-21-,28-26-,29-27-. The maximum absolute atomic E-state index is 13.0. The molecular formula is C94H169NO8. The lowest BCUT2D eigenvalue weighted by Crippen LogP contribution is -2.44. The van der Waals surface area contributed by atoms with Crippen LogP contribution in [0.4, 0.5) is 0 Å². The van der Waals surface area contributed by atoms with E-state index >= 15 is 0 Å². The molecule has 0 aliphatic rings. The highest BCUT2D eigenvalue weighted by atomic mass is 16.7. The summed E-state index contributed by atoms with van der Waals surface area (Å²) in [5.74, 6) is -2.25. The van der Waals surface area contributed by atoms with Gasteiger partial charge in [0.2, 0.25) is 0 Å². The predicted octanol–water partition coefficient (Wildman–Crippen LogP) is 27.7. The van der Waals surface area contributed by atoms with Gasteiger partial charge in [0.25, 0.3) is 0 Å². The minimum absolute atomic E-state index is 0.149. The second kappa shape index (κ2) is 83.8. The van der Waals surface area contributed by atoms with Crippen molar-refractivity contribution in [3.63, 3.8) is 0 Å². The number of esters is 2. The number of rotatable bonds is 83. The van der Waals surface area contributed by atoms with E-state index < -0.39 is 24.3 Å². The molecule has 0 saturated heterocycles. The number of quaternary nitrogens is 1. The molecule has 0 fully saturated rings. The SMILES string of the molecule is CC/C=C\C/C=C\C/C=C\C/C=C\CCCCCCCCCCCCCCCCCCCCCCCCCCCCC(=O)OCC(COC(OCC[N+](C)(C)C)C(=O)[O-])OC(=O)CCCCCCCCCCCCCCCCCCCCCCCCCCCC/C=C\C/C=C\C/C=C\C/C=C\CC. The average Bonchev–Trinajstić information content (AvgIpc) is 1.06. The van der Waals surface area contributed by atoms with Crippen LogP contribution >= 0.6 is 0 Å². The van der Waals surface area contributed by atoms with E-state index in [0.717, 1.165) is 89.9 Å². The number of carboxylic acid groups (broad SMARTS) is 1. The minimum Gasteiger partial charge on any atom is -0.545 e. The molecule has 9 nitrogen and oxygen atoms in total. The van der Waals surface area contributed by atoms with Gasteiger partial charge >= 0.3 is 11.9 Å². The Morgan fingerprint density at radius 2 is 0.524 bits per heavy atom. The highest BCUT2D eigenvalue weighted by Crippen LogP contribution is 2.20. The molecule has 0 rings (SSSR count). The van der Waals surface area contributed by atoms with Crippen LogP contribution < -0.4 is 5.11 Å². The Labute approximate surface area is 639 Å². The fourth-order valence-corrected chi connectivity index (χ4v) is 13.2. The van der Waals surface area contributed by atoms with E-state index in [9.17, 15) is 19.5 Å². The van der Waals surface area contributed by atoms with Gasteiger partial charge in [0.1, 0.15) is 13.2 Å². The molecule has 0 radical (unpaired) electrons. The maximum atomic E-state index is 13.0. The van der Waals surface area contributed by atoms with E-state index in [4.69, 9.17) is 18.9 Å². The molecule has 0 aliphatic carbocycles. The quantitative estimate of drug-likeness (QED) is 0.0195. The fourth-order valence-electron chi connectivity index (χ4n) is 13.2. The van der Waals surface area contributed by atoms with Crippen LogP contribution in [-0.4, -0.2) is 82.3 Å². The molecule has 0 N–H and O–H groups in total. The van der Waals surface area contributed by atoms with Crippen LogP contribution in [0.3, 0.4) is 0 Å². The summed E-state index contributed by atoms with van der Waals surface area (Å²) in [6.07, 6.45) is 114. The number of allylic oxidation sites excluding steroid dienone is 16. The molecule has 0 aromatic carbocycles. The highest BCUT2D eigenvalue weighted by molar-refractivity contribution is 5.70. The van der Waals surface area contributed by atoms with Crippen molar-refractivity contribution in [1.82, 2.24) is 0 Å². The lowest BCUT2D eigenvalue weighted by atomic mass is 10.0. The van der Waals surface area contributed by atoms with Crippen LogP contribution in [-0.2, 0) is 33.3 Å². The second-order valence-electron chi connectivity index (χ2n) is 31.1. The molecule has 0 spiro atoms. The van der Waals surface area contributed by atoms with Crippen LogP contribution in [0.5, 0.6) is 0 Å². The van der Waals surface area contributed by atoms with E-state index in [1.807, 2.05) is 21.1 Å². The molecule has 103 heavy (non-hydrogen) atoms. The summed E-state index contributed by atoms with van der Waals surface area (Å²) in [6, 6.07) is 0. The van der Waals surface area contributed by atoms with Crippen LogP contribution in [0, 0.1) is 0 Å². The van der Waals surface area contributed by atoms with E-state index in [-0.39, 0.29) is 32.2 Å². The van der Waals surface area contributed by atoms with Crippen molar-refractivity contribution < 1.29 is 42.9 Å². The Morgan fingerprint density at radius 1 is 0.291 bits per heavy atom. The summed E-state index contributed by atoms with van der Waals surface area (Å²) in [6.45, 7) is 4.59. The summed E-state index contributed by atoms with van der Waals surface area (Å²) >= 11 is 0. The Kier molecular flexibility index (Phi) is 80.8. The van der Waals surface area contributed by atoms with Crippen molar-refractivity contribution in [1.29, 1.82) is 0 Å². The molecule has 0 aromatic rings. The number of likely N-dealkylation sites (N-methyl/N-ethyl adjacent to an activating group) is 1. The second-order valence-corrected chi connectivity index (χ2v) is 31.1. The van der Waals surface area contributed by atoms with Gasteiger partial charge in [-0.05, 0) is 89.9 Å². The number of unbranched alkanes of at least 4 members (excludes halogenated alkanes) is 52. The molecule has 0 heterocycles. The summed E-state index contributed by atoms with van der Waals surface area (Å²) in [7, 11) is 5.95. The van der Waals surface area contributed by atoms with Gasteiger partial charge in [-0.3, -0.25) is 9.59 Å². The van der Waals surface area contributed by atoms with Crippen LogP contribution in [0.1, 0.15) is 425 Å². The molecule has 0 bridgehead atoms. The van der Waals surface area contributed by atoms with Crippen molar-refractivity contribution in [2.75, 3.05) is 47.5 Å². The van der Waals surface area contributed by atoms with Crippen molar-refractivity contribution in [3.05, 3.63) is 97.2 Å². The lowest BCUT2D eigenvalue weighted by molar-refractivity contribution is -0.870. The molecule has 2 unspecified atom stereocenters. The molecule has 2 atom stereocenters. The molecule has 9 heteroatoms. The zero-order valence-electron chi connectivity index (χ0n) is 68.7. The monoisotopic (exact) mass is 1440 g/mol. The van der Waals surface area contributed by atoms with E-state index in [1.54, 1.807) is 0 Å². The number of nitrogens with zero attached hydrogens (tertiary/aromatic N) is 1. The zero-order chi connectivity index (χ0) is 74.6. The number of carboxylic acids is 1. The Hall–Kier alpha value is -3.79. The number of carbonyl (C=O) groups excluding carboxylic acids is 3. The first-order valence-corrected chi connectivity index (χ1v) is 44.4. The topological polar surface area (TPSA) is 111 Å². The van der Waals surface area contributed by atoms with Crippen LogP contribution in [0.15, 0.2) is 97.2 Å². The summed E-state index contributed by atoms with van der Waals surface area (Å²) < 4.78 is 22.9. The first kappa shape index (κ1) is 99.2. The summed E-state index contributed by atoms with van der Waals surface area (Å²) in [5, 5.41) is 11.9. The van der Waals surface area contributed by atoms with Gasteiger partial charge in [-0.2, -0.15) is 0 Å². The summed E-state index contributed by atoms with van der Waals surface area (Å²) in [5.41, 5.74) is 0. The molecule has 0 saturated carbocycles. The van der Waals surface area contributed by atoms with Crippen LogP contribution in [0.25, 0.3) is 0 Å². The smallest absolute Gasteiger partial charge is 0.306 e. The summed E-state index contributed by atoms with van der Waals surface area (Å²) in [4.78, 5) is 37.7. The third-order valence-electron chi connectivity index (χ3n) is 19.8. The lowest BCUT2D eigenvalue weighted by Gasteiger charge is -2.26. The van der Waals surface area contributed by atoms with E-state index in [1.165, 1.54) is 308 Å². The Bertz CT molecular complexity index is 2030.